The van der Waals surface area contributed by atoms with Crippen LogP contribution in [0.4, 0.5) is 28.5 Å². The summed E-state index contributed by atoms with van der Waals surface area (Å²) < 4.78 is 66.1. The van der Waals surface area contributed by atoms with Gasteiger partial charge in [-0.15, -0.1) is 0 Å². The molecule has 0 spiro atoms. The third-order valence-electron chi connectivity index (χ3n) is 10.3. The van der Waals surface area contributed by atoms with Gasteiger partial charge in [0.25, 0.3) is 11.5 Å². The predicted molar refractivity (Wildman–Crippen MR) is 164 cm³/mol. The molecule has 1 aliphatic carbocycles. The molecule has 1 saturated carbocycles. The van der Waals surface area contributed by atoms with Crippen molar-refractivity contribution in [2.75, 3.05) is 43.4 Å². The first-order valence-corrected chi connectivity index (χ1v) is 16.5. The highest BCUT2D eigenvalue weighted by atomic mass is 32.1. The molecule has 3 N–H and O–H groups in total. The smallest absolute Gasteiger partial charge is 0.320 e. The molecule has 5 atom stereocenters. The summed E-state index contributed by atoms with van der Waals surface area (Å²) >= 11 is 0.920. The lowest BCUT2D eigenvalue weighted by atomic mass is 9.95. The van der Waals surface area contributed by atoms with Crippen molar-refractivity contribution in [3.8, 4) is 17.4 Å². The van der Waals surface area contributed by atoms with Crippen LogP contribution in [0.25, 0.3) is 32.6 Å². The number of piperazine rings is 1. The quantitative estimate of drug-likeness (QED) is 0.297. The first-order valence-electron chi connectivity index (χ1n) is 15.7. The molecule has 9 rings (SSSR count). The summed E-state index contributed by atoms with van der Waals surface area (Å²) in [6.45, 7) is 2.43. The first-order chi connectivity index (χ1) is 22.1. The minimum absolute atomic E-state index is 0.0154. The van der Waals surface area contributed by atoms with Crippen LogP contribution in [-0.2, 0) is 0 Å². The van der Waals surface area contributed by atoms with E-state index < -0.39 is 41.5 Å². The molecule has 16 heteroatoms. The van der Waals surface area contributed by atoms with Gasteiger partial charge in [-0.05, 0) is 44.4 Å². The number of halogens is 4. The van der Waals surface area contributed by atoms with Crippen molar-refractivity contribution < 1.29 is 22.3 Å². The van der Waals surface area contributed by atoms with E-state index >= 15 is 0 Å². The van der Waals surface area contributed by atoms with Gasteiger partial charge < -0.3 is 20.7 Å². The van der Waals surface area contributed by atoms with Crippen LogP contribution in [0.5, 0.6) is 6.01 Å². The summed E-state index contributed by atoms with van der Waals surface area (Å²) in [5.74, 6) is -3.54. The third kappa shape index (κ3) is 4.39. The predicted octanol–water partition coefficient (Wildman–Crippen LogP) is 3.66. The van der Waals surface area contributed by atoms with E-state index in [1.165, 1.54) is 12.1 Å². The highest BCUT2D eigenvalue weighted by Crippen LogP contribution is 2.53. The molecule has 11 nitrogen and oxygen atoms in total. The van der Waals surface area contributed by atoms with E-state index in [0.717, 1.165) is 48.1 Å². The molecular weight excluding hydrogens is 626 g/mol. The van der Waals surface area contributed by atoms with E-state index in [4.69, 9.17) is 20.4 Å². The Morgan fingerprint density at radius 2 is 1.87 bits per heavy atom. The van der Waals surface area contributed by atoms with Gasteiger partial charge in [-0.2, -0.15) is 9.97 Å². The second kappa shape index (κ2) is 9.94. The number of ether oxygens (including phenoxy) is 1. The third-order valence-corrected chi connectivity index (χ3v) is 11.2. The van der Waals surface area contributed by atoms with E-state index in [0.29, 0.717) is 26.1 Å². The molecule has 3 unspecified atom stereocenters. The lowest BCUT2D eigenvalue weighted by Gasteiger charge is -2.34. The molecule has 0 radical (unpaired) electrons. The zero-order valence-corrected chi connectivity index (χ0v) is 25.5. The molecule has 2 bridgehead atoms. The van der Waals surface area contributed by atoms with Crippen LogP contribution in [0, 0.1) is 5.82 Å². The molecule has 46 heavy (non-hydrogen) atoms. The van der Waals surface area contributed by atoms with Gasteiger partial charge in [0.15, 0.2) is 16.6 Å². The summed E-state index contributed by atoms with van der Waals surface area (Å²) in [6.07, 6.45) is 2.53. The second-order valence-corrected chi connectivity index (χ2v) is 14.4. The van der Waals surface area contributed by atoms with Crippen LogP contribution >= 0.6 is 11.3 Å². The van der Waals surface area contributed by atoms with Crippen LogP contribution in [0.1, 0.15) is 44.6 Å². The van der Waals surface area contributed by atoms with E-state index in [1.54, 1.807) is 0 Å². The standard InChI is InChI=1S/C30H31F4N9O2S/c31-14-8-29(6-1-7-42(29)10-14)13-45-28-39-23-20(25(40-28)41-11-15-2-3-16(12-41)36-15)26(44)43(19-9-30(19,33)34)24(38-23)17-4-5-18(32)22-21(17)37-27(35)46-22/h4-5,14-16,19,36H,1-3,6-13H2,(H2,35,37)/t14-,15?,16?,19?,29+/m1/s1. The maximum atomic E-state index is 14.8. The van der Waals surface area contributed by atoms with Gasteiger partial charge in [0, 0.05) is 50.1 Å². The maximum Gasteiger partial charge on any atom is 0.320 e. The number of alkyl halides is 3. The number of aromatic nitrogens is 5. The van der Waals surface area contributed by atoms with Gasteiger partial charge in [-0.1, -0.05) is 11.3 Å². The fourth-order valence-corrected chi connectivity index (χ4v) is 8.87. The van der Waals surface area contributed by atoms with Crippen LogP contribution in [0.15, 0.2) is 16.9 Å². The molecule has 3 aromatic heterocycles. The average Bonchev–Trinajstić information content (AvgIpc) is 3.45. The lowest BCUT2D eigenvalue weighted by Crippen LogP contribution is -2.51. The molecule has 4 saturated heterocycles. The Morgan fingerprint density at radius 1 is 1.09 bits per heavy atom. The van der Waals surface area contributed by atoms with Gasteiger partial charge in [0.1, 0.15) is 35.8 Å². The van der Waals surface area contributed by atoms with E-state index in [9.17, 15) is 22.4 Å². The first kappa shape index (κ1) is 28.6. The van der Waals surface area contributed by atoms with Gasteiger partial charge in [-0.25, -0.2) is 27.5 Å². The van der Waals surface area contributed by atoms with Gasteiger partial charge >= 0.3 is 6.01 Å². The van der Waals surface area contributed by atoms with Gasteiger partial charge in [0.2, 0.25) is 0 Å². The number of hydrogen-bond acceptors (Lipinski definition) is 11. The van der Waals surface area contributed by atoms with Crippen molar-refractivity contribution in [3.05, 3.63) is 28.3 Å². The normalized spacial score (nSPS) is 30.0. The Kier molecular flexibility index (Phi) is 6.17. The van der Waals surface area contributed by atoms with Crippen LogP contribution in [0.3, 0.4) is 0 Å². The second-order valence-electron chi connectivity index (χ2n) is 13.4. The molecule has 0 amide bonds. The summed E-state index contributed by atoms with van der Waals surface area (Å²) in [7, 11) is 0. The van der Waals surface area contributed by atoms with Crippen LogP contribution in [0.2, 0.25) is 0 Å². The van der Waals surface area contributed by atoms with Crippen molar-refractivity contribution in [2.24, 2.45) is 0 Å². The minimum Gasteiger partial charge on any atom is -0.461 e. The maximum absolute atomic E-state index is 14.8. The number of benzene rings is 1. The Balaban J connectivity index is 1.23. The summed E-state index contributed by atoms with van der Waals surface area (Å²) in [6, 6.07) is 1.45. The molecule has 4 aromatic rings. The number of hydrogen-bond donors (Lipinski definition) is 2. The molecule has 5 aliphatic rings. The van der Waals surface area contributed by atoms with Gasteiger partial charge in [-0.3, -0.25) is 14.3 Å². The monoisotopic (exact) mass is 657 g/mol. The number of thiazole rings is 1. The Bertz CT molecular complexity index is 1960. The molecule has 1 aromatic carbocycles. The van der Waals surface area contributed by atoms with Crippen LogP contribution < -0.4 is 26.2 Å². The van der Waals surface area contributed by atoms with Crippen LogP contribution in [-0.4, -0.2) is 91.9 Å². The van der Waals surface area contributed by atoms with E-state index in [2.05, 4.69) is 20.2 Å². The van der Waals surface area contributed by atoms with E-state index in [1.807, 2.05) is 4.90 Å². The van der Waals surface area contributed by atoms with Crippen molar-refractivity contribution in [2.45, 2.75) is 74.3 Å². The van der Waals surface area contributed by atoms with Crippen molar-refractivity contribution in [3.63, 3.8) is 0 Å². The summed E-state index contributed by atoms with van der Waals surface area (Å²) in [5.41, 5.74) is 5.03. The Labute approximate surface area is 263 Å². The number of anilines is 2. The minimum atomic E-state index is -3.13. The molecular formula is C30H31F4N9O2S. The summed E-state index contributed by atoms with van der Waals surface area (Å²) in [5, 5.41) is 3.66. The Morgan fingerprint density at radius 3 is 2.63 bits per heavy atom. The largest absolute Gasteiger partial charge is 0.461 e. The number of nitrogens with one attached hydrogen (secondary N) is 1. The number of nitrogens with zero attached hydrogens (tertiary/aromatic N) is 7. The summed E-state index contributed by atoms with van der Waals surface area (Å²) in [4.78, 5) is 36.9. The zero-order valence-electron chi connectivity index (χ0n) is 24.7. The number of fused-ring (bicyclic) bond motifs is 5. The number of nitrogen functional groups attached to an aromatic ring is 1. The zero-order chi connectivity index (χ0) is 31.5. The fourth-order valence-electron chi connectivity index (χ4n) is 8.10. The lowest BCUT2D eigenvalue weighted by molar-refractivity contribution is 0.100. The number of rotatable bonds is 6. The van der Waals surface area contributed by atoms with Crippen molar-refractivity contribution in [1.29, 1.82) is 0 Å². The highest BCUT2D eigenvalue weighted by Gasteiger charge is 2.60. The Hall–Kier alpha value is -3.63. The molecule has 242 valence electrons. The fraction of sp³-hybridized carbons (Fsp3) is 0.567. The molecule has 5 fully saturated rings. The van der Waals surface area contributed by atoms with Crippen molar-refractivity contribution >= 4 is 43.5 Å². The topological polar surface area (TPSA) is 127 Å². The van der Waals surface area contributed by atoms with E-state index in [-0.39, 0.29) is 68.3 Å². The molecule has 7 heterocycles. The molecule has 4 aliphatic heterocycles. The number of nitrogens with two attached hydrogens (primary N) is 1. The highest BCUT2D eigenvalue weighted by molar-refractivity contribution is 7.22. The average molecular weight is 658 g/mol. The van der Waals surface area contributed by atoms with Gasteiger partial charge in [0.05, 0.1) is 15.8 Å². The van der Waals surface area contributed by atoms with Crippen molar-refractivity contribution in [1.82, 2.24) is 34.7 Å². The SMILES string of the molecule is Nc1nc2c(-c3nc4nc(OC[C@@]56CCCN5C[C@H](F)C6)nc(N5CC6CCC(C5)N6)c4c(=O)n3C3CC3(F)F)ccc(F)c2s1.